The van der Waals surface area contributed by atoms with E-state index in [0.29, 0.717) is 0 Å². The Balaban J connectivity index is 2.39. The van der Waals surface area contributed by atoms with Crippen molar-refractivity contribution < 1.29 is 0 Å². The van der Waals surface area contributed by atoms with E-state index in [-0.39, 0.29) is 0 Å². The summed E-state index contributed by atoms with van der Waals surface area (Å²) in [6, 6.07) is 0. The number of allylic oxidation sites excluding steroid dienone is 2. The van der Waals surface area contributed by atoms with Crippen LogP contribution in [0.15, 0.2) is 24.4 Å². The average Bonchev–Trinajstić information content (AvgIpc) is 1.90. The Labute approximate surface area is 43.7 Å². The lowest BCUT2D eigenvalue weighted by Crippen LogP contribution is -1.93. The third-order valence-electron chi connectivity index (χ3n) is 0.864. The maximum atomic E-state index is 4.03. The summed E-state index contributed by atoms with van der Waals surface area (Å²) in [5, 5.41) is 4.03. The zero-order chi connectivity index (χ0) is 4.95. The molecule has 1 heterocycles. The predicted octanol–water partition coefficient (Wildman–Crippen LogP) is 1.06. The van der Waals surface area contributed by atoms with Gasteiger partial charge in [-0.2, -0.15) is 0 Å². The molecule has 0 saturated heterocycles. The van der Waals surface area contributed by atoms with Crippen LogP contribution >= 0.6 is 0 Å². The molecule has 0 spiro atoms. The summed E-state index contributed by atoms with van der Waals surface area (Å²) in [6.45, 7) is 0.951. The van der Waals surface area contributed by atoms with Crippen LogP contribution in [0.2, 0.25) is 0 Å². The van der Waals surface area contributed by atoms with Crippen molar-refractivity contribution in [2.45, 2.75) is 6.42 Å². The molecule has 0 atom stereocenters. The number of hydrogen-bond acceptors (Lipinski definition) is 0. The number of hydrogen-bond donors (Lipinski definition) is 0. The molecular formula is C6H8N. The van der Waals surface area contributed by atoms with E-state index in [4.69, 9.17) is 0 Å². The van der Waals surface area contributed by atoms with Crippen molar-refractivity contribution in [1.29, 1.82) is 0 Å². The van der Waals surface area contributed by atoms with Gasteiger partial charge >= 0.3 is 0 Å². The lowest BCUT2D eigenvalue weighted by atomic mass is 10.4. The maximum Gasteiger partial charge on any atom is 0.0423 e. The Bertz CT molecular complexity index is 80.4. The zero-order valence-corrected chi connectivity index (χ0v) is 4.17. The largest absolute Gasteiger partial charge is 0.293 e. The molecule has 1 heteroatoms. The molecule has 1 aliphatic heterocycles. The van der Waals surface area contributed by atoms with E-state index >= 15 is 0 Å². The fraction of sp³-hybridized carbons (Fsp3) is 0.333. The molecule has 0 saturated carbocycles. The Hall–Kier alpha value is -0.720. The highest BCUT2D eigenvalue weighted by Gasteiger charge is 1.80. The van der Waals surface area contributed by atoms with E-state index < -0.39 is 0 Å². The number of rotatable bonds is 0. The summed E-state index contributed by atoms with van der Waals surface area (Å²) < 4.78 is 0. The first-order valence-electron chi connectivity index (χ1n) is 2.48. The molecule has 1 radical (unpaired) electrons. The van der Waals surface area contributed by atoms with Crippen LogP contribution in [0, 0.1) is 0 Å². The second kappa shape index (κ2) is 2.45. The van der Waals surface area contributed by atoms with Gasteiger partial charge < -0.3 is 0 Å². The van der Waals surface area contributed by atoms with Gasteiger partial charge in [0.25, 0.3) is 0 Å². The van der Waals surface area contributed by atoms with Crippen LogP contribution in [-0.4, -0.2) is 6.54 Å². The van der Waals surface area contributed by atoms with E-state index in [1.807, 2.05) is 18.4 Å². The smallest absolute Gasteiger partial charge is 0.0423 e. The predicted molar refractivity (Wildman–Crippen MR) is 29.9 cm³/mol. The first-order valence-corrected chi connectivity index (χ1v) is 2.48. The van der Waals surface area contributed by atoms with E-state index in [1.165, 1.54) is 0 Å². The molecule has 1 nitrogen and oxygen atoms in total. The monoisotopic (exact) mass is 94.1 g/mol. The molecule has 37 valence electrons. The summed E-state index contributed by atoms with van der Waals surface area (Å²) in [5.41, 5.74) is 0. The molecule has 7 heavy (non-hydrogen) atoms. The van der Waals surface area contributed by atoms with Crippen molar-refractivity contribution in [3.63, 3.8) is 0 Å². The van der Waals surface area contributed by atoms with Gasteiger partial charge in [0.15, 0.2) is 0 Å². The lowest BCUT2D eigenvalue weighted by Gasteiger charge is -1.84. The number of nitrogens with zero attached hydrogens (tertiary/aromatic N) is 1. The van der Waals surface area contributed by atoms with E-state index in [9.17, 15) is 0 Å². The lowest BCUT2D eigenvalue weighted by molar-refractivity contribution is 0.845. The third kappa shape index (κ3) is 1.44. The van der Waals surface area contributed by atoms with E-state index in [2.05, 4.69) is 11.4 Å². The highest BCUT2D eigenvalue weighted by molar-refractivity contribution is 5.03. The Morgan fingerprint density at radius 2 is 2.29 bits per heavy atom. The molecule has 0 aromatic carbocycles. The van der Waals surface area contributed by atoms with Crippen molar-refractivity contribution in [2.24, 2.45) is 0 Å². The molecule has 0 N–H and O–H groups in total. The van der Waals surface area contributed by atoms with Gasteiger partial charge in [-0.05, 0) is 12.5 Å². The summed E-state index contributed by atoms with van der Waals surface area (Å²) in [7, 11) is 0. The van der Waals surface area contributed by atoms with Gasteiger partial charge in [-0.1, -0.05) is 12.2 Å². The molecule has 1 rings (SSSR count). The van der Waals surface area contributed by atoms with Gasteiger partial charge in [0, 0.05) is 12.7 Å². The minimum Gasteiger partial charge on any atom is -0.293 e. The third-order valence-corrected chi connectivity index (χ3v) is 0.864. The van der Waals surface area contributed by atoms with Gasteiger partial charge in [-0.25, -0.2) is 0 Å². The van der Waals surface area contributed by atoms with Crippen LogP contribution in [0.25, 0.3) is 0 Å². The first kappa shape index (κ1) is 4.44. The van der Waals surface area contributed by atoms with E-state index in [1.54, 1.807) is 0 Å². The summed E-state index contributed by atoms with van der Waals surface area (Å²) >= 11 is 0. The summed E-state index contributed by atoms with van der Waals surface area (Å²) in [4.78, 5) is 0. The first-order chi connectivity index (χ1) is 3.50. The molecule has 1 aliphatic rings. The molecule has 0 unspecified atom stereocenters. The van der Waals surface area contributed by atoms with E-state index in [0.717, 1.165) is 13.0 Å². The summed E-state index contributed by atoms with van der Waals surface area (Å²) in [5.74, 6) is 0. The van der Waals surface area contributed by atoms with Crippen molar-refractivity contribution in [2.75, 3.05) is 6.54 Å². The minimum absolute atomic E-state index is 0.951. The standard InChI is InChI=1S/C6H8N/c1-2-4-6-7-5-3-1/h1-3,5H,4,6H2. The van der Waals surface area contributed by atoms with Gasteiger partial charge in [0.1, 0.15) is 0 Å². The van der Waals surface area contributed by atoms with Gasteiger partial charge in [0.05, 0.1) is 0 Å². The molecule has 0 aromatic heterocycles. The SMILES string of the molecule is C1=CCC[N]C=C1. The summed E-state index contributed by atoms with van der Waals surface area (Å²) in [6.07, 6.45) is 9.02. The van der Waals surface area contributed by atoms with Crippen LogP contribution in [-0.2, 0) is 0 Å². The normalized spacial score (nSPS) is 18.3. The second-order valence-electron chi connectivity index (χ2n) is 1.46. The maximum absolute atomic E-state index is 4.03. The second-order valence-corrected chi connectivity index (χ2v) is 1.46. The molecule has 0 aliphatic carbocycles. The average molecular weight is 94.1 g/mol. The van der Waals surface area contributed by atoms with Gasteiger partial charge in [-0.15, -0.1) is 0 Å². The van der Waals surface area contributed by atoms with Gasteiger partial charge in [0.2, 0.25) is 0 Å². The Morgan fingerprint density at radius 3 is 3.29 bits per heavy atom. The highest BCUT2D eigenvalue weighted by atomic mass is 14.8. The fourth-order valence-corrected chi connectivity index (χ4v) is 0.509. The molecule has 0 amide bonds. The van der Waals surface area contributed by atoms with Crippen LogP contribution in [0.1, 0.15) is 6.42 Å². The molecular weight excluding hydrogens is 86.1 g/mol. The Morgan fingerprint density at radius 1 is 1.29 bits per heavy atom. The highest BCUT2D eigenvalue weighted by Crippen LogP contribution is 1.87. The van der Waals surface area contributed by atoms with Crippen molar-refractivity contribution in [1.82, 2.24) is 5.32 Å². The van der Waals surface area contributed by atoms with Crippen molar-refractivity contribution in [3.8, 4) is 0 Å². The van der Waals surface area contributed by atoms with Crippen molar-refractivity contribution >= 4 is 0 Å². The molecule has 0 fully saturated rings. The van der Waals surface area contributed by atoms with Crippen LogP contribution in [0.4, 0.5) is 0 Å². The zero-order valence-electron chi connectivity index (χ0n) is 4.17. The minimum atomic E-state index is 0.951. The van der Waals surface area contributed by atoms with Crippen LogP contribution < -0.4 is 5.32 Å². The topological polar surface area (TPSA) is 14.1 Å². The van der Waals surface area contributed by atoms with Gasteiger partial charge in [-0.3, -0.25) is 5.32 Å². The molecule has 0 aromatic rings. The van der Waals surface area contributed by atoms with Crippen LogP contribution in [0.5, 0.6) is 0 Å². The van der Waals surface area contributed by atoms with Crippen molar-refractivity contribution in [3.05, 3.63) is 24.4 Å². The Kier molecular flexibility index (Phi) is 1.56. The quantitative estimate of drug-likeness (QED) is 0.426. The fourth-order valence-electron chi connectivity index (χ4n) is 0.509. The van der Waals surface area contributed by atoms with Crippen LogP contribution in [0.3, 0.4) is 0 Å². The molecule has 0 bridgehead atoms.